The van der Waals surface area contributed by atoms with Gasteiger partial charge in [0.1, 0.15) is 11.6 Å². The SMILES string of the molecule is O=C1CCC/C1=C/Nc1ccc(F)cc1F. The molecule has 1 aliphatic rings. The molecule has 0 aromatic heterocycles. The lowest BCUT2D eigenvalue weighted by molar-refractivity contribution is -0.114. The number of halogens is 2. The van der Waals surface area contributed by atoms with Gasteiger partial charge in [-0.25, -0.2) is 8.78 Å². The average molecular weight is 223 g/mol. The highest BCUT2D eigenvalue weighted by Crippen LogP contribution is 2.21. The summed E-state index contributed by atoms with van der Waals surface area (Å²) in [6, 6.07) is 3.28. The zero-order valence-electron chi connectivity index (χ0n) is 8.59. The molecule has 0 saturated heterocycles. The zero-order valence-corrected chi connectivity index (χ0v) is 8.59. The highest BCUT2D eigenvalue weighted by molar-refractivity contribution is 5.97. The molecule has 1 aromatic rings. The van der Waals surface area contributed by atoms with Crippen LogP contribution < -0.4 is 5.32 Å². The Balaban J connectivity index is 2.12. The summed E-state index contributed by atoms with van der Waals surface area (Å²) in [5.41, 5.74) is 0.845. The predicted molar refractivity (Wildman–Crippen MR) is 56.9 cm³/mol. The first kappa shape index (κ1) is 10.8. The van der Waals surface area contributed by atoms with Gasteiger partial charge in [-0.05, 0) is 25.0 Å². The fourth-order valence-corrected chi connectivity index (χ4v) is 1.66. The number of Topliss-reactive ketones (excluding diaryl/α,β-unsaturated/α-hetero) is 1. The number of nitrogens with one attached hydrogen (secondary N) is 1. The molecule has 1 aromatic carbocycles. The number of hydrogen-bond donors (Lipinski definition) is 1. The Kier molecular flexibility index (Phi) is 2.99. The first-order chi connectivity index (χ1) is 7.66. The van der Waals surface area contributed by atoms with Crippen LogP contribution in [-0.2, 0) is 4.79 Å². The van der Waals surface area contributed by atoms with E-state index < -0.39 is 11.6 Å². The van der Waals surface area contributed by atoms with Crippen molar-refractivity contribution >= 4 is 11.5 Å². The number of anilines is 1. The van der Waals surface area contributed by atoms with Gasteiger partial charge in [0.05, 0.1) is 5.69 Å². The minimum Gasteiger partial charge on any atom is -0.359 e. The molecule has 0 unspecified atom stereocenters. The standard InChI is InChI=1S/C12H11F2NO/c13-9-4-5-11(10(14)6-9)15-7-8-2-1-3-12(8)16/h4-7,15H,1-3H2/b8-7-. The number of rotatable bonds is 2. The summed E-state index contributed by atoms with van der Waals surface area (Å²) in [4.78, 5) is 11.3. The quantitative estimate of drug-likeness (QED) is 0.781. The van der Waals surface area contributed by atoms with Crippen LogP contribution in [0.3, 0.4) is 0 Å². The number of carbonyl (C=O) groups is 1. The van der Waals surface area contributed by atoms with Gasteiger partial charge >= 0.3 is 0 Å². The first-order valence-electron chi connectivity index (χ1n) is 5.10. The number of hydrogen-bond acceptors (Lipinski definition) is 2. The van der Waals surface area contributed by atoms with Crippen LogP contribution in [0.1, 0.15) is 19.3 Å². The van der Waals surface area contributed by atoms with Crippen LogP contribution in [0.5, 0.6) is 0 Å². The number of ketones is 1. The molecule has 1 fully saturated rings. The second kappa shape index (κ2) is 4.43. The Hall–Kier alpha value is -1.71. The van der Waals surface area contributed by atoms with Gasteiger partial charge in [-0.1, -0.05) is 0 Å². The largest absolute Gasteiger partial charge is 0.359 e. The molecule has 0 heterocycles. The summed E-state index contributed by atoms with van der Waals surface area (Å²) in [5.74, 6) is -1.19. The van der Waals surface area contributed by atoms with Gasteiger partial charge < -0.3 is 5.32 Å². The summed E-state index contributed by atoms with van der Waals surface area (Å²) < 4.78 is 25.8. The third kappa shape index (κ3) is 2.27. The van der Waals surface area contributed by atoms with Gasteiger partial charge in [0.2, 0.25) is 0 Å². The van der Waals surface area contributed by atoms with Crippen molar-refractivity contribution in [2.24, 2.45) is 0 Å². The molecule has 84 valence electrons. The maximum Gasteiger partial charge on any atom is 0.160 e. The van der Waals surface area contributed by atoms with E-state index in [1.807, 2.05) is 0 Å². The van der Waals surface area contributed by atoms with Gasteiger partial charge in [0, 0.05) is 24.3 Å². The normalized spacial score (nSPS) is 18.1. The second-order valence-electron chi connectivity index (χ2n) is 3.71. The van der Waals surface area contributed by atoms with Gasteiger partial charge in [-0.3, -0.25) is 4.79 Å². The van der Waals surface area contributed by atoms with E-state index in [1.54, 1.807) is 0 Å². The van der Waals surface area contributed by atoms with Crippen molar-refractivity contribution in [1.82, 2.24) is 0 Å². The van der Waals surface area contributed by atoms with Crippen molar-refractivity contribution in [1.29, 1.82) is 0 Å². The Morgan fingerprint density at radius 1 is 1.25 bits per heavy atom. The molecule has 2 nitrogen and oxygen atoms in total. The predicted octanol–water partition coefficient (Wildman–Crippen LogP) is 3.01. The monoisotopic (exact) mass is 223 g/mol. The molecule has 2 rings (SSSR count). The maximum absolute atomic E-state index is 13.2. The minimum atomic E-state index is -0.665. The van der Waals surface area contributed by atoms with Crippen molar-refractivity contribution in [2.75, 3.05) is 5.32 Å². The molecule has 0 spiro atoms. The molecule has 16 heavy (non-hydrogen) atoms. The van der Waals surface area contributed by atoms with E-state index in [0.717, 1.165) is 12.5 Å². The minimum absolute atomic E-state index is 0.0926. The van der Waals surface area contributed by atoms with Crippen LogP contribution in [-0.4, -0.2) is 5.78 Å². The van der Waals surface area contributed by atoms with Crippen molar-refractivity contribution in [3.05, 3.63) is 41.6 Å². The van der Waals surface area contributed by atoms with Gasteiger partial charge in [-0.2, -0.15) is 0 Å². The molecule has 0 aliphatic heterocycles. The smallest absolute Gasteiger partial charge is 0.160 e. The number of carbonyl (C=O) groups excluding carboxylic acids is 1. The third-order valence-electron chi connectivity index (χ3n) is 2.54. The van der Waals surface area contributed by atoms with Crippen LogP contribution in [0.15, 0.2) is 30.0 Å². The van der Waals surface area contributed by atoms with Crippen LogP contribution in [0.2, 0.25) is 0 Å². The maximum atomic E-state index is 13.2. The molecule has 0 atom stereocenters. The number of benzene rings is 1. The van der Waals surface area contributed by atoms with E-state index in [1.165, 1.54) is 18.3 Å². The summed E-state index contributed by atoms with van der Waals surface area (Å²) >= 11 is 0. The van der Waals surface area contributed by atoms with Crippen molar-refractivity contribution in [2.45, 2.75) is 19.3 Å². The molecule has 1 saturated carbocycles. The van der Waals surface area contributed by atoms with Crippen LogP contribution in [0.4, 0.5) is 14.5 Å². The van der Waals surface area contributed by atoms with Gasteiger partial charge in [-0.15, -0.1) is 0 Å². The fourth-order valence-electron chi connectivity index (χ4n) is 1.66. The van der Waals surface area contributed by atoms with E-state index in [0.29, 0.717) is 18.4 Å². The first-order valence-corrected chi connectivity index (χ1v) is 5.10. The Morgan fingerprint density at radius 3 is 2.69 bits per heavy atom. The molecule has 1 N–H and O–H groups in total. The van der Waals surface area contributed by atoms with Crippen molar-refractivity contribution in [3.63, 3.8) is 0 Å². The highest BCUT2D eigenvalue weighted by atomic mass is 19.1. The molecule has 4 heteroatoms. The van der Waals surface area contributed by atoms with E-state index in [4.69, 9.17) is 0 Å². The Morgan fingerprint density at radius 2 is 2.06 bits per heavy atom. The Bertz CT molecular complexity index is 454. The fraction of sp³-hybridized carbons (Fsp3) is 0.250. The van der Waals surface area contributed by atoms with Gasteiger partial charge in [0.15, 0.2) is 5.78 Å². The summed E-state index contributed by atoms with van der Waals surface area (Å²) in [6.45, 7) is 0. The lowest BCUT2D eigenvalue weighted by Gasteiger charge is -2.03. The highest BCUT2D eigenvalue weighted by Gasteiger charge is 2.16. The second-order valence-corrected chi connectivity index (χ2v) is 3.71. The summed E-state index contributed by atoms with van der Waals surface area (Å²) in [5, 5.41) is 2.69. The lowest BCUT2D eigenvalue weighted by atomic mass is 10.2. The van der Waals surface area contributed by atoms with E-state index in [2.05, 4.69) is 5.32 Å². The van der Waals surface area contributed by atoms with Crippen molar-refractivity contribution < 1.29 is 13.6 Å². The number of allylic oxidation sites excluding steroid dienone is 1. The molecular formula is C12H11F2NO. The van der Waals surface area contributed by atoms with E-state index in [-0.39, 0.29) is 11.5 Å². The molecule has 0 amide bonds. The molecular weight excluding hydrogens is 212 g/mol. The van der Waals surface area contributed by atoms with E-state index >= 15 is 0 Å². The van der Waals surface area contributed by atoms with Crippen LogP contribution >= 0.6 is 0 Å². The van der Waals surface area contributed by atoms with Crippen LogP contribution in [0.25, 0.3) is 0 Å². The summed E-state index contributed by atoms with van der Waals surface area (Å²) in [7, 11) is 0. The van der Waals surface area contributed by atoms with E-state index in [9.17, 15) is 13.6 Å². The topological polar surface area (TPSA) is 29.1 Å². The summed E-state index contributed by atoms with van der Waals surface area (Å²) in [6.07, 6.45) is 3.62. The van der Waals surface area contributed by atoms with Crippen LogP contribution in [0, 0.1) is 11.6 Å². The Labute approximate surface area is 92.0 Å². The lowest BCUT2D eigenvalue weighted by Crippen LogP contribution is -1.98. The van der Waals surface area contributed by atoms with Crippen molar-refractivity contribution in [3.8, 4) is 0 Å². The third-order valence-corrected chi connectivity index (χ3v) is 2.54. The molecule has 0 radical (unpaired) electrons. The zero-order chi connectivity index (χ0) is 11.5. The molecule has 0 bridgehead atoms. The molecule has 1 aliphatic carbocycles. The van der Waals surface area contributed by atoms with Gasteiger partial charge in [0.25, 0.3) is 0 Å². The average Bonchev–Trinajstić information content (AvgIpc) is 2.63.